The van der Waals surface area contributed by atoms with Crippen LogP contribution in [0.5, 0.6) is 0 Å². The minimum Gasteiger partial charge on any atom is -0.367 e. The molecule has 0 aromatic carbocycles. The van der Waals surface area contributed by atoms with Crippen molar-refractivity contribution in [2.24, 2.45) is 0 Å². The van der Waals surface area contributed by atoms with Crippen molar-refractivity contribution in [3.8, 4) is 11.8 Å². The lowest BCUT2D eigenvalue weighted by molar-refractivity contribution is 0.716. The first kappa shape index (κ1) is 6.62. The Hall–Kier alpha value is -1.50. The Morgan fingerprint density at radius 2 is 2.60 bits per heavy atom. The lowest BCUT2D eigenvalue weighted by atomic mass is 10.6. The molecule has 1 aromatic heterocycles. The maximum Gasteiger partial charge on any atom is 0.239 e. The number of nitrogens with two attached hydrogens (primary N) is 1. The molecule has 52 valence electrons. The molecule has 0 spiro atoms. The zero-order valence-corrected chi connectivity index (χ0v) is 5.70. The van der Waals surface area contributed by atoms with Gasteiger partial charge in [0.15, 0.2) is 0 Å². The van der Waals surface area contributed by atoms with E-state index >= 15 is 0 Å². The number of rotatable bonds is 1. The molecule has 0 aliphatic heterocycles. The molecule has 0 radical (unpaired) electrons. The molecular weight excluding hydrogens is 128 g/mol. The molecule has 1 rings (SSSR count). The number of hydrogen-bond donors (Lipinski definition) is 1. The predicted molar refractivity (Wildman–Crippen MR) is 37.9 cm³/mol. The number of nitrogens with zero attached hydrogens (tertiary/aromatic N) is 3. The highest BCUT2D eigenvalue weighted by Gasteiger charge is 1.90. The normalized spacial score (nSPS) is 8.50. The number of aromatic nitrogens is 3. The summed E-state index contributed by atoms with van der Waals surface area (Å²) in [7, 11) is 0. The van der Waals surface area contributed by atoms with Crippen LogP contribution in [0.25, 0.3) is 0 Å². The lowest BCUT2D eigenvalue weighted by Crippen LogP contribution is -1.96. The third-order valence-corrected chi connectivity index (χ3v) is 0.972. The largest absolute Gasteiger partial charge is 0.367 e. The van der Waals surface area contributed by atoms with Gasteiger partial charge in [-0.2, -0.15) is 0 Å². The summed E-state index contributed by atoms with van der Waals surface area (Å²) in [5.74, 6) is 5.87. The van der Waals surface area contributed by atoms with E-state index in [2.05, 4.69) is 21.9 Å². The van der Waals surface area contributed by atoms with Gasteiger partial charge in [0.05, 0.1) is 0 Å². The smallest absolute Gasteiger partial charge is 0.239 e. The third kappa shape index (κ3) is 1.49. The molecule has 0 aliphatic carbocycles. The van der Waals surface area contributed by atoms with Gasteiger partial charge in [-0.15, -0.1) is 11.0 Å². The van der Waals surface area contributed by atoms with E-state index < -0.39 is 0 Å². The van der Waals surface area contributed by atoms with Crippen LogP contribution in [0.15, 0.2) is 6.33 Å². The van der Waals surface area contributed by atoms with Crippen LogP contribution < -0.4 is 5.73 Å². The van der Waals surface area contributed by atoms with Gasteiger partial charge < -0.3 is 5.73 Å². The first-order valence-corrected chi connectivity index (χ1v) is 2.87. The SMILES string of the molecule is CC#CCn1cnc(N)n1. The van der Waals surface area contributed by atoms with Gasteiger partial charge in [0.2, 0.25) is 5.95 Å². The summed E-state index contributed by atoms with van der Waals surface area (Å²) < 4.78 is 1.59. The van der Waals surface area contributed by atoms with Crippen LogP contribution >= 0.6 is 0 Å². The second-order valence-electron chi connectivity index (χ2n) is 1.73. The second-order valence-corrected chi connectivity index (χ2v) is 1.73. The first-order chi connectivity index (χ1) is 4.83. The molecule has 0 saturated heterocycles. The Kier molecular flexibility index (Phi) is 1.90. The molecule has 0 amide bonds. The van der Waals surface area contributed by atoms with Gasteiger partial charge in [0, 0.05) is 0 Å². The topological polar surface area (TPSA) is 56.7 Å². The standard InChI is InChI=1S/C6H8N4/c1-2-3-4-10-5-8-6(7)9-10/h5H,4H2,1H3,(H2,7,9). The highest BCUT2D eigenvalue weighted by molar-refractivity contribution is 5.09. The Labute approximate surface area is 59.1 Å². The van der Waals surface area contributed by atoms with E-state index in [-0.39, 0.29) is 5.95 Å². The van der Waals surface area contributed by atoms with Crippen molar-refractivity contribution in [3.05, 3.63) is 6.33 Å². The Morgan fingerprint density at radius 3 is 3.10 bits per heavy atom. The van der Waals surface area contributed by atoms with Crippen molar-refractivity contribution in [1.82, 2.24) is 14.8 Å². The molecule has 1 aromatic rings. The van der Waals surface area contributed by atoms with Crippen molar-refractivity contribution in [2.45, 2.75) is 13.5 Å². The van der Waals surface area contributed by atoms with E-state index in [1.54, 1.807) is 17.9 Å². The molecule has 0 aliphatic rings. The van der Waals surface area contributed by atoms with Crippen molar-refractivity contribution in [3.63, 3.8) is 0 Å². The minimum absolute atomic E-state index is 0.290. The van der Waals surface area contributed by atoms with Crippen molar-refractivity contribution in [2.75, 3.05) is 5.73 Å². The van der Waals surface area contributed by atoms with E-state index in [1.165, 1.54) is 0 Å². The van der Waals surface area contributed by atoms with Crippen LogP contribution in [-0.4, -0.2) is 14.8 Å². The van der Waals surface area contributed by atoms with Gasteiger partial charge in [0.1, 0.15) is 12.9 Å². The third-order valence-electron chi connectivity index (χ3n) is 0.972. The van der Waals surface area contributed by atoms with Crippen LogP contribution in [0.3, 0.4) is 0 Å². The predicted octanol–water partition coefficient (Wildman–Crippen LogP) is -0.116. The summed E-state index contributed by atoms with van der Waals surface area (Å²) >= 11 is 0. The van der Waals surface area contributed by atoms with Crippen LogP contribution in [-0.2, 0) is 6.54 Å². The van der Waals surface area contributed by atoms with Gasteiger partial charge in [-0.1, -0.05) is 5.92 Å². The fraction of sp³-hybridized carbons (Fsp3) is 0.333. The molecule has 10 heavy (non-hydrogen) atoms. The highest BCUT2D eigenvalue weighted by atomic mass is 15.3. The molecule has 4 heteroatoms. The maximum absolute atomic E-state index is 5.26. The van der Waals surface area contributed by atoms with E-state index in [0.29, 0.717) is 6.54 Å². The van der Waals surface area contributed by atoms with E-state index in [4.69, 9.17) is 5.73 Å². The summed E-state index contributed by atoms with van der Waals surface area (Å²) in [6.07, 6.45) is 1.56. The number of anilines is 1. The quantitative estimate of drug-likeness (QED) is 0.548. The Balaban J connectivity index is 2.64. The molecule has 4 nitrogen and oxygen atoms in total. The zero-order valence-electron chi connectivity index (χ0n) is 5.70. The Bertz CT molecular complexity index is 265. The molecule has 0 fully saturated rings. The second kappa shape index (κ2) is 2.87. The summed E-state index contributed by atoms with van der Waals surface area (Å²) in [6, 6.07) is 0. The average molecular weight is 136 g/mol. The summed E-state index contributed by atoms with van der Waals surface area (Å²) in [4.78, 5) is 3.73. The molecule has 2 N–H and O–H groups in total. The van der Waals surface area contributed by atoms with Gasteiger partial charge in [0.25, 0.3) is 0 Å². The van der Waals surface area contributed by atoms with E-state index in [0.717, 1.165) is 0 Å². The summed E-state index contributed by atoms with van der Waals surface area (Å²) in [5.41, 5.74) is 5.26. The van der Waals surface area contributed by atoms with Gasteiger partial charge in [-0.25, -0.2) is 9.67 Å². The molecule has 0 atom stereocenters. The van der Waals surface area contributed by atoms with Gasteiger partial charge in [-0.05, 0) is 6.92 Å². The first-order valence-electron chi connectivity index (χ1n) is 2.87. The summed E-state index contributed by atoms with van der Waals surface area (Å²) in [6.45, 7) is 2.33. The van der Waals surface area contributed by atoms with Crippen molar-refractivity contribution in [1.29, 1.82) is 0 Å². The molecule has 0 bridgehead atoms. The van der Waals surface area contributed by atoms with Crippen LogP contribution in [0.1, 0.15) is 6.92 Å². The van der Waals surface area contributed by atoms with Crippen LogP contribution in [0, 0.1) is 11.8 Å². The molecule has 1 heterocycles. The van der Waals surface area contributed by atoms with Crippen molar-refractivity contribution >= 4 is 5.95 Å². The average Bonchev–Trinajstić information content (AvgIpc) is 2.31. The van der Waals surface area contributed by atoms with Crippen molar-refractivity contribution < 1.29 is 0 Å². The fourth-order valence-electron chi connectivity index (χ4n) is 0.545. The molecule has 0 saturated carbocycles. The molecular formula is C6H8N4. The molecule has 0 unspecified atom stereocenters. The van der Waals surface area contributed by atoms with Gasteiger partial charge in [-0.3, -0.25) is 0 Å². The maximum atomic E-state index is 5.26. The monoisotopic (exact) mass is 136 g/mol. The lowest BCUT2D eigenvalue weighted by Gasteiger charge is -1.86. The van der Waals surface area contributed by atoms with Crippen LogP contribution in [0.2, 0.25) is 0 Å². The summed E-state index contributed by atoms with van der Waals surface area (Å²) in [5, 5.41) is 3.83. The minimum atomic E-state index is 0.290. The fourth-order valence-corrected chi connectivity index (χ4v) is 0.545. The van der Waals surface area contributed by atoms with E-state index in [1.807, 2.05) is 0 Å². The number of hydrogen-bond acceptors (Lipinski definition) is 3. The number of nitrogen functional groups attached to an aromatic ring is 1. The van der Waals surface area contributed by atoms with E-state index in [9.17, 15) is 0 Å². The Morgan fingerprint density at radius 1 is 1.80 bits per heavy atom. The zero-order chi connectivity index (χ0) is 7.40. The van der Waals surface area contributed by atoms with Gasteiger partial charge >= 0.3 is 0 Å². The highest BCUT2D eigenvalue weighted by Crippen LogP contribution is 1.87. The van der Waals surface area contributed by atoms with Crippen LogP contribution in [0.4, 0.5) is 5.95 Å².